The van der Waals surface area contributed by atoms with Crippen LogP contribution in [0.3, 0.4) is 0 Å². The average molecular weight is 292 g/mol. The Labute approximate surface area is 122 Å². The highest BCUT2D eigenvalue weighted by Gasteiger charge is 2.22. The van der Waals surface area contributed by atoms with Gasteiger partial charge in [0.1, 0.15) is 5.58 Å². The van der Waals surface area contributed by atoms with Crippen molar-refractivity contribution in [3.05, 3.63) is 30.0 Å². The van der Waals surface area contributed by atoms with Crippen molar-refractivity contribution in [3.63, 3.8) is 0 Å². The number of hydrogen-bond donors (Lipinski definition) is 3. The number of nitrogen functional groups attached to an aromatic ring is 1. The lowest BCUT2D eigenvalue weighted by Crippen LogP contribution is -2.41. The fourth-order valence-electron chi connectivity index (χ4n) is 1.94. The molecule has 1 aromatic carbocycles. The highest BCUT2D eigenvalue weighted by molar-refractivity contribution is 5.96. The van der Waals surface area contributed by atoms with Gasteiger partial charge in [-0.3, -0.25) is 4.79 Å². The molecule has 0 spiro atoms. The van der Waals surface area contributed by atoms with Gasteiger partial charge in [-0.05, 0) is 31.2 Å². The Morgan fingerprint density at radius 1 is 1.48 bits per heavy atom. The van der Waals surface area contributed by atoms with Crippen molar-refractivity contribution < 1.29 is 19.1 Å². The SMILES string of the molecule is COCCC(C)(O)CNC(=O)c1cc2cc(N)ccc2o1. The summed E-state index contributed by atoms with van der Waals surface area (Å²) < 4.78 is 10.4. The molecule has 114 valence electrons. The van der Waals surface area contributed by atoms with Gasteiger partial charge in [0.05, 0.1) is 5.60 Å². The summed E-state index contributed by atoms with van der Waals surface area (Å²) in [6.45, 7) is 2.19. The maximum atomic E-state index is 12.0. The second kappa shape index (κ2) is 6.15. The number of fused-ring (bicyclic) bond motifs is 1. The Morgan fingerprint density at radius 3 is 2.95 bits per heavy atom. The highest BCUT2D eigenvalue weighted by Crippen LogP contribution is 2.21. The number of carbonyl (C=O) groups excluding carboxylic acids is 1. The number of aliphatic hydroxyl groups is 1. The van der Waals surface area contributed by atoms with Crippen LogP contribution in [0, 0.1) is 0 Å². The summed E-state index contributed by atoms with van der Waals surface area (Å²) in [7, 11) is 1.56. The summed E-state index contributed by atoms with van der Waals surface area (Å²) in [5.41, 5.74) is 5.87. The van der Waals surface area contributed by atoms with E-state index in [2.05, 4.69) is 5.32 Å². The van der Waals surface area contributed by atoms with E-state index in [9.17, 15) is 9.90 Å². The van der Waals surface area contributed by atoms with Crippen molar-refractivity contribution in [3.8, 4) is 0 Å². The van der Waals surface area contributed by atoms with Crippen molar-refractivity contribution in [1.82, 2.24) is 5.32 Å². The van der Waals surface area contributed by atoms with Crippen LogP contribution in [-0.2, 0) is 4.74 Å². The maximum Gasteiger partial charge on any atom is 0.287 e. The van der Waals surface area contributed by atoms with Crippen LogP contribution in [0.1, 0.15) is 23.9 Å². The van der Waals surface area contributed by atoms with Gasteiger partial charge < -0.3 is 25.3 Å². The lowest BCUT2D eigenvalue weighted by Gasteiger charge is -2.22. The van der Waals surface area contributed by atoms with Gasteiger partial charge in [0.15, 0.2) is 5.76 Å². The predicted octanol–water partition coefficient (Wildman–Crippen LogP) is 1.53. The molecule has 0 aliphatic rings. The van der Waals surface area contributed by atoms with Gasteiger partial charge in [-0.15, -0.1) is 0 Å². The molecule has 2 rings (SSSR count). The Bertz CT molecular complexity index is 634. The number of ether oxygens (including phenoxy) is 1. The van der Waals surface area contributed by atoms with E-state index < -0.39 is 5.60 Å². The summed E-state index contributed by atoms with van der Waals surface area (Å²) in [4.78, 5) is 12.0. The monoisotopic (exact) mass is 292 g/mol. The van der Waals surface area contributed by atoms with Crippen LogP contribution >= 0.6 is 0 Å². The van der Waals surface area contributed by atoms with Crippen molar-refractivity contribution >= 4 is 22.6 Å². The lowest BCUT2D eigenvalue weighted by molar-refractivity contribution is 0.0241. The number of nitrogens with two attached hydrogens (primary N) is 1. The topological polar surface area (TPSA) is 97.7 Å². The first-order valence-corrected chi connectivity index (χ1v) is 6.70. The van der Waals surface area contributed by atoms with Crippen LogP contribution in [0.5, 0.6) is 0 Å². The van der Waals surface area contributed by atoms with Crippen LogP contribution in [0.15, 0.2) is 28.7 Å². The van der Waals surface area contributed by atoms with Crippen molar-refractivity contribution in [2.75, 3.05) is 26.0 Å². The molecular weight excluding hydrogens is 272 g/mol. The van der Waals surface area contributed by atoms with E-state index in [0.717, 1.165) is 5.39 Å². The smallest absolute Gasteiger partial charge is 0.287 e. The van der Waals surface area contributed by atoms with Gasteiger partial charge in [-0.25, -0.2) is 0 Å². The van der Waals surface area contributed by atoms with Gasteiger partial charge in [0.25, 0.3) is 5.91 Å². The third-order valence-corrected chi connectivity index (χ3v) is 3.24. The fourth-order valence-corrected chi connectivity index (χ4v) is 1.94. The molecule has 0 saturated heterocycles. The van der Waals surface area contributed by atoms with Gasteiger partial charge >= 0.3 is 0 Å². The molecule has 6 heteroatoms. The van der Waals surface area contributed by atoms with Crippen molar-refractivity contribution in [2.24, 2.45) is 0 Å². The van der Waals surface area contributed by atoms with E-state index in [1.54, 1.807) is 38.3 Å². The van der Waals surface area contributed by atoms with E-state index >= 15 is 0 Å². The second-order valence-corrected chi connectivity index (χ2v) is 5.33. The molecule has 0 aliphatic carbocycles. The van der Waals surface area contributed by atoms with Crippen LogP contribution in [-0.4, -0.2) is 36.9 Å². The lowest BCUT2D eigenvalue weighted by atomic mass is 10.0. The summed E-state index contributed by atoms with van der Waals surface area (Å²) >= 11 is 0. The zero-order valence-electron chi connectivity index (χ0n) is 12.2. The number of furan rings is 1. The molecular formula is C15H20N2O4. The molecule has 1 unspecified atom stereocenters. The summed E-state index contributed by atoms with van der Waals surface area (Å²) in [5, 5.41) is 13.5. The van der Waals surface area contributed by atoms with Crippen LogP contribution in [0.2, 0.25) is 0 Å². The quantitative estimate of drug-likeness (QED) is 0.701. The zero-order valence-corrected chi connectivity index (χ0v) is 12.2. The molecule has 4 N–H and O–H groups in total. The molecule has 0 radical (unpaired) electrons. The third-order valence-electron chi connectivity index (χ3n) is 3.24. The Hall–Kier alpha value is -2.05. The molecule has 1 amide bonds. The van der Waals surface area contributed by atoms with Gasteiger partial charge in [0.2, 0.25) is 0 Å². The third kappa shape index (κ3) is 3.96. The molecule has 0 saturated carbocycles. The standard InChI is InChI=1S/C15H20N2O4/c1-15(19,5-6-20-2)9-17-14(18)13-8-10-7-11(16)3-4-12(10)21-13/h3-4,7-8,19H,5-6,9,16H2,1-2H3,(H,17,18). The first-order valence-electron chi connectivity index (χ1n) is 6.70. The molecule has 0 bridgehead atoms. The second-order valence-electron chi connectivity index (χ2n) is 5.33. The fraction of sp³-hybridized carbons (Fsp3) is 0.400. The Morgan fingerprint density at radius 2 is 2.24 bits per heavy atom. The normalized spacial score (nSPS) is 14.0. The number of carbonyl (C=O) groups is 1. The first-order chi connectivity index (χ1) is 9.91. The van der Waals surface area contributed by atoms with Gasteiger partial charge in [-0.1, -0.05) is 0 Å². The Balaban J connectivity index is 2.02. The molecule has 6 nitrogen and oxygen atoms in total. The van der Waals surface area contributed by atoms with Crippen LogP contribution in [0.25, 0.3) is 11.0 Å². The number of methoxy groups -OCH3 is 1. The Kier molecular flexibility index (Phi) is 4.50. The van der Waals surface area contributed by atoms with Gasteiger partial charge in [-0.2, -0.15) is 0 Å². The maximum absolute atomic E-state index is 12.0. The highest BCUT2D eigenvalue weighted by atomic mass is 16.5. The van der Waals surface area contributed by atoms with Gasteiger partial charge in [0, 0.05) is 37.8 Å². The van der Waals surface area contributed by atoms with Crippen LogP contribution < -0.4 is 11.1 Å². The van der Waals surface area contributed by atoms with E-state index in [-0.39, 0.29) is 18.2 Å². The number of amides is 1. The molecule has 0 aliphatic heterocycles. The predicted molar refractivity (Wildman–Crippen MR) is 80.1 cm³/mol. The van der Waals surface area contributed by atoms with Crippen molar-refractivity contribution in [2.45, 2.75) is 18.9 Å². The number of rotatable bonds is 6. The molecule has 0 fully saturated rings. The van der Waals surface area contributed by atoms with Crippen molar-refractivity contribution in [1.29, 1.82) is 0 Å². The first kappa shape index (κ1) is 15.3. The number of benzene rings is 1. The van der Waals surface area contributed by atoms with E-state index in [4.69, 9.17) is 14.9 Å². The minimum absolute atomic E-state index is 0.119. The van der Waals surface area contributed by atoms with E-state index in [1.807, 2.05) is 0 Å². The van der Waals surface area contributed by atoms with E-state index in [0.29, 0.717) is 24.3 Å². The molecule has 21 heavy (non-hydrogen) atoms. The zero-order chi connectivity index (χ0) is 15.5. The number of anilines is 1. The molecule has 1 aromatic heterocycles. The minimum atomic E-state index is -1.03. The minimum Gasteiger partial charge on any atom is -0.451 e. The van der Waals surface area contributed by atoms with E-state index in [1.165, 1.54) is 0 Å². The summed E-state index contributed by atoms with van der Waals surface area (Å²) in [6, 6.07) is 6.80. The number of nitrogens with one attached hydrogen (secondary N) is 1. The largest absolute Gasteiger partial charge is 0.451 e. The van der Waals surface area contributed by atoms with Crippen LogP contribution in [0.4, 0.5) is 5.69 Å². The summed E-state index contributed by atoms with van der Waals surface area (Å²) in [5.74, 6) is -0.180. The number of hydrogen-bond acceptors (Lipinski definition) is 5. The molecule has 1 heterocycles. The molecule has 2 aromatic rings. The summed E-state index contributed by atoms with van der Waals surface area (Å²) in [6.07, 6.45) is 0.431. The average Bonchev–Trinajstić information content (AvgIpc) is 2.85. The molecule has 1 atom stereocenters.